The molecule has 0 aliphatic heterocycles. The summed E-state index contributed by atoms with van der Waals surface area (Å²) in [6.45, 7) is 3.34. The number of imidazole rings is 1. The number of hydrogen-bond acceptors (Lipinski definition) is 2. The SMILES string of the molecule is CCCCCCCCCCCCn1cnc2cnc3ccccc3c21. The average Bonchev–Trinajstić information content (AvgIpc) is 3.07. The highest BCUT2D eigenvalue weighted by Gasteiger charge is 2.07. The zero-order valence-corrected chi connectivity index (χ0v) is 15.6. The van der Waals surface area contributed by atoms with Crippen LogP contribution in [0.15, 0.2) is 36.8 Å². The first-order valence-corrected chi connectivity index (χ1v) is 10.1. The van der Waals surface area contributed by atoms with Crippen molar-refractivity contribution in [1.29, 1.82) is 0 Å². The minimum Gasteiger partial charge on any atom is -0.330 e. The van der Waals surface area contributed by atoms with E-state index >= 15 is 0 Å². The fourth-order valence-electron chi connectivity index (χ4n) is 3.64. The van der Waals surface area contributed by atoms with Gasteiger partial charge in [-0.05, 0) is 12.5 Å². The number of aromatic nitrogens is 3. The lowest BCUT2D eigenvalue weighted by Crippen LogP contribution is -1.97. The van der Waals surface area contributed by atoms with Crippen molar-refractivity contribution < 1.29 is 0 Å². The van der Waals surface area contributed by atoms with E-state index in [9.17, 15) is 0 Å². The molecule has 0 atom stereocenters. The number of para-hydroxylation sites is 1. The van der Waals surface area contributed by atoms with Crippen molar-refractivity contribution >= 4 is 21.9 Å². The molecule has 0 spiro atoms. The Morgan fingerprint density at radius 2 is 1.44 bits per heavy atom. The minimum absolute atomic E-state index is 1.01. The summed E-state index contributed by atoms with van der Waals surface area (Å²) in [7, 11) is 0. The summed E-state index contributed by atoms with van der Waals surface area (Å²) in [6, 6.07) is 8.36. The van der Waals surface area contributed by atoms with Crippen LogP contribution in [0, 0.1) is 0 Å². The fraction of sp³-hybridized carbons (Fsp3) is 0.545. The Labute approximate surface area is 151 Å². The largest absolute Gasteiger partial charge is 0.330 e. The number of hydrogen-bond donors (Lipinski definition) is 0. The maximum Gasteiger partial charge on any atom is 0.107 e. The third kappa shape index (κ3) is 4.81. The molecule has 0 amide bonds. The number of aryl methyl sites for hydroxylation is 1. The summed E-state index contributed by atoms with van der Waals surface area (Å²) in [5, 5.41) is 1.21. The topological polar surface area (TPSA) is 30.7 Å². The molecule has 0 bridgehead atoms. The van der Waals surface area contributed by atoms with Gasteiger partial charge < -0.3 is 4.57 Å². The predicted octanol–water partition coefficient (Wildman–Crippen LogP) is 6.51. The van der Waals surface area contributed by atoms with Gasteiger partial charge in [0.15, 0.2) is 0 Å². The van der Waals surface area contributed by atoms with Crippen LogP contribution in [-0.4, -0.2) is 14.5 Å². The molecule has 3 nitrogen and oxygen atoms in total. The Balaban J connectivity index is 1.44. The van der Waals surface area contributed by atoms with E-state index in [2.05, 4.69) is 39.7 Å². The van der Waals surface area contributed by atoms with Crippen LogP contribution < -0.4 is 0 Å². The molecular weight excluding hydrogens is 306 g/mol. The number of pyridine rings is 1. The van der Waals surface area contributed by atoms with Crippen LogP contribution in [0.4, 0.5) is 0 Å². The normalized spacial score (nSPS) is 11.6. The fourth-order valence-corrected chi connectivity index (χ4v) is 3.64. The molecule has 3 aromatic rings. The van der Waals surface area contributed by atoms with Crippen LogP contribution in [0.25, 0.3) is 21.9 Å². The summed E-state index contributed by atoms with van der Waals surface area (Å²) in [5.41, 5.74) is 3.30. The molecule has 0 N–H and O–H groups in total. The smallest absolute Gasteiger partial charge is 0.107 e. The summed E-state index contributed by atoms with van der Waals surface area (Å²) in [4.78, 5) is 9.04. The Morgan fingerprint density at radius 3 is 2.20 bits per heavy atom. The van der Waals surface area contributed by atoms with E-state index in [-0.39, 0.29) is 0 Å². The minimum atomic E-state index is 1.01. The zero-order chi connectivity index (χ0) is 17.3. The maximum absolute atomic E-state index is 4.53. The lowest BCUT2D eigenvalue weighted by atomic mass is 10.1. The molecular formula is C22H31N3. The monoisotopic (exact) mass is 337 g/mol. The van der Waals surface area contributed by atoms with Crippen molar-refractivity contribution in [2.24, 2.45) is 0 Å². The highest BCUT2D eigenvalue weighted by atomic mass is 15.0. The molecule has 0 saturated carbocycles. The Hall–Kier alpha value is -1.90. The number of benzene rings is 1. The zero-order valence-electron chi connectivity index (χ0n) is 15.6. The first kappa shape index (κ1) is 17.9. The van der Waals surface area contributed by atoms with Crippen molar-refractivity contribution in [3.8, 4) is 0 Å². The van der Waals surface area contributed by atoms with Crippen molar-refractivity contribution in [2.75, 3.05) is 0 Å². The van der Waals surface area contributed by atoms with Gasteiger partial charge >= 0.3 is 0 Å². The number of nitrogens with zero attached hydrogens (tertiary/aromatic N) is 3. The summed E-state index contributed by atoms with van der Waals surface area (Å²) >= 11 is 0. The first-order chi connectivity index (χ1) is 12.4. The van der Waals surface area contributed by atoms with Crippen LogP contribution in [0.2, 0.25) is 0 Å². The molecule has 134 valence electrons. The van der Waals surface area contributed by atoms with Gasteiger partial charge in [0.2, 0.25) is 0 Å². The van der Waals surface area contributed by atoms with E-state index in [0.29, 0.717) is 0 Å². The van der Waals surface area contributed by atoms with Crippen molar-refractivity contribution in [3.05, 3.63) is 36.8 Å². The average molecular weight is 338 g/mol. The van der Waals surface area contributed by atoms with E-state index in [1.165, 1.54) is 75.1 Å². The van der Waals surface area contributed by atoms with Gasteiger partial charge in [0.05, 0.1) is 23.6 Å². The van der Waals surface area contributed by atoms with Crippen LogP contribution in [0.3, 0.4) is 0 Å². The Morgan fingerprint density at radius 1 is 0.760 bits per heavy atom. The van der Waals surface area contributed by atoms with Crippen LogP contribution in [0.1, 0.15) is 71.1 Å². The lowest BCUT2D eigenvalue weighted by Gasteiger charge is -2.07. The molecule has 0 saturated heterocycles. The number of fused-ring (bicyclic) bond motifs is 3. The van der Waals surface area contributed by atoms with Crippen LogP contribution in [-0.2, 0) is 6.54 Å². The van der Waals surface area contributed by atoms with Crippen LogP contribution in [0.5, 0.6) is 0 Å². The second kappa shape index (κ2) is 9.55. The van der Waals surface area contributed by atoms with Gasteiger partial charge in [-0.25, -0.2) is 4.98 Å². The van der Waals surface area contributed by atoms with Crippen LogP contribution >= 0.6 is 0 Å². The van der Waals surface area contributed by atoms with Gasteiger partial charge in [0.1, 0.15) is 5.52 Å². The van der Waals surface area contributed by atoms with Gasteiger partial charge in [-0.3, -0.25) is 4.98 Å². The van der Waals surface area contributed by atoms with E-state index in [1.54, 1.807) is 0 Å². The molecule has 2 heterocycles. The first-order valence-electron chi connectivity index (χ1n) is 10.1. The molecule has 3 heteroatoms. The molecule has 0 aliphatic carbocycles. The highest BCUT2D eigenvalue weighted by molar-refractivity contribution is 6.01. The Kier molecular flexibility index (Phi) is 6.84. The molecule has 0 aliphatic rings. The molecule has 3 rings (SSSR count). The van der Waals surface area contributed by atoms with E-state index in [0.717, 1.165) is 17.6 Å². The summed E-state index contributed by atoms with van der Waals surface area (Å²) < 4.78 is 2.31. The standard InChI is InChI=1S/C22H31N3/c1-2-3-4-5-6-7-8-9-10-13-16-25-18-24-21-17-23-20-15-12-11-14-19(20)22(21)25/h11-12,14-15,17-18H,2-10,13,16H2,1H3. The van der Waals surface area contributed by atoms with E-state index < -0.39 is 0 Å². The molecule has 0 radical (unpaired) electrons. The van der Waals surface area contributed by atoms with Gasteiger partial charge in [-0.2, -0.15) is 0 Å². The molecule has 0 fully saturated rings. The molecule has 2 aromatic heterocycles. The quantitative estimate of drug-likeness (QED) is 0.374. The van der Waals surface area contributed by atoms with Gasteiger partial charge in [0, 0.05) is 11.9 Å². The van der Waals surface area contributed by atoms with E-state index in [4.69, 9.17) is 0 Å². The predicted molar refractivity (Wildman–Crippen MR) is 107 cm³/mol. The summed E-state index contributed by atoms with van der Waals surface area (Å²) in [6.07, 6.45) is 17.6. The second-order valence-corrected chi connectivity index (χ2v) is 7.13. The molecule has 0 unspecified atom stereocenters. The molecule has 1 aromatic carbocycles. The van der Waals surface area contributed by atoms with Crippen molar-refractivity contribution in [1.82, 2.24) is 14.5 Å². The van der Waals surface area contributed by atoms with Gasteiger partial charge in [-0.15, -0.1) is 0 Å². The Bertz CT molecular complexity index is 775. The van der Waals surface area contributed by atoms with Crippen molar-refractivity contribution in [3.63, 3.8) is 0 Å². The maximum atomic E-state index is 4.53. The third-order valence-electron chi connectivity index (χ3n) is 5.10. The summed E-state index contributed by atoms with van der Waals surface area (Å²) in [5.74, 6) is 0. The lowest BCUT2D eigenvalue weighted by molar-refractivity contribution is 0.538. The number of unbranched alkanes of at least 4 members (excludes halogenated alkanes) is 9. The van der Waals surface area contributed by atoms with E-state index in [1.807, 2.05) is 18.6 Å². The van der Waals surface area contributed by atoms with Crippen molar-refractivity contribution in [2.45, 2.75) is 77.7 Å². The molecule has 25 heavy (non-hydrogen) atoms. The second-order valence-electron chi connectivity index (χ2n) is 7.13. The van der Waals surface area contributed by atoms with Gasteiger partial charge in [-0.1, -0.05) is 82.9 Å². The highest BCUT2D eigenvalue weighted by Crippen LogP contribution is 2.23. The third-order valence-corrected chi connectivity index (χ3v) is 5.10. The van der Waals surface area contributed by atoms with Gasteiger partial charge in [0.25, 0.3) is 0 Å². The number of rotatable bonds is 11.